The SMILES string of the molecule is O=C(c1cc(Br)cc(Br)c1)N1CCC(O)C1. The highest BCUT2D eigenvalue weighted by atomic mass is 79.9. The molecule has 1 aromatic carbocycles. The highest BCUT2D eigenvalue weighted by molar-refractivity contribution is 9.11. The van der Waals surface area contributed by atoms with Crippen molar-refractivity contribution in [3.63, 3.8) is 0 Å². The Balaban J connectivity index is 2.20. The van der Waals surface area contributed by atoms with Crippen LogP contribution >= 0.6 is 31.9 Å². The predicted molar refractivity (Wildman–Crippen MR) is 68.4 cm³/mol. The number of β-amino-alcohol motifs (C(OH)–C–C–N with tert-alkyl or cyclic N) is 1. The summed E-state index contributed by atoms with van der Waals surface area (Å²) in [6.07, 6.45) is 0.292. The summed E-state index contributed by atoms with van der Waals surface area (Å²) < 4.78 is 1.73. The van der Waals surface area contributed by atoms with E-state index in [0.29, 0.717) is 25.1 Å². The first-order valence-corrected chi connectivity index (χ1v) is 6.58. The molecule has 0 bridgehead atoms. The van der Waals surface area contributed by atoms with Crippen LogP contribution in [0.25, 0.3) is 0 Å². The van der Waals surface area contributed by atoms with E-state index in [9.17, 15) is 9.90 Å². The average Bonchev–Trinajstić information content (AvgIpc) is 2.62. The van der Waals surface area contributed by atoms with E-state index in [1.54, 1.807) is 17.0 Å². The van der Waals surface area contributed by atoms with Crippen molar-refractivity contribution >= 4 is 37.8 Å². The molecule has 3 nitrogen and oxygen atoms in total. The van der Waals surface area contributed by atoms with Crippen molar-refractivity contribution in [2.45, 2.75) is 12.5 Å². The van der Waals surface area contributed by atoms with E-state index in [4.69, 9.17) is 0 Å². The summed E-state index contributed by atoms with van der Waals surface area (Å²) in [5, 5.41) is 9.39. The fourth-order valence-corrected chi connectivity index (χ4v) is 3.08. The Hall–Kier alpha value is -0.390. The Bertz CT molecular complexity index is 402. The van der Waals surface area contributed by atoms with Gasteiger partial charge in [-0.1, -0.05) is 31.9 Å². The fraction of sp³-hybridized carbons (Fsp3) is 0.364. The minimum atomic E-state index is -0.375. The standard InChI is InChI=1S/C11H11Br2NO2/c12-8-3-7(4-9(13)5-8)11(16)14-2-1-10(15)6-14/h3-5,10,15H,1-2,6H2. The first kappa shape index (κ1) is 12.1. The molecule has 16 heavy (non-hydrogen) atoms. The molecule has 1 aliphatic rings. The highest BCUT2D eigenvalue weighted by Gasteiger charge is 2.25. The predicted octanol–water partition coefficient (Wildman–Crippen LogP) is 2.42. The molecule has 1 heterocycles. The zero-order valence-electron chi connectivity index (χ0n) is 8.49. The lowest BCUT2D eigenvalue weighted by atomic mass is 10.2. The van der Waals surface area contributed by atoms with Crippen molar-refractivity contribution in [1.82, 2.24) is 4.90 Å². The third kappa shape index (κ3) is 2.64. The Morgan fingerprint density at radius 1 is 1.31 bits per heavy atom. The van der Waals surface area contributed by atoms with Crippen molar-refractivity contribution in [1.29, 1.82) is 0 Å². The minimum absolute atomic E-state index is 0.0291. The highest BCUT2D eigenvalue weighted by Crippen LogP contribution is 2.22. The molecular formula is C11H11Br2NO2. The summed E-state index contributed by atoms with van der Waals surface area (Å²) in [5.74, 6) is -0.0291. The normalized spacial score (nSPS) is 20.2. The summed E-state index contributed by atoms with van der Waals surface area (Å²) >= 11 is 6.70. The summed E-state index contributed by atoms with van der Waals surface area (Å²) in [6, 6.07) is 5.46. The molecule has 86 valence electrons. The summed E-state index contributed by atoms with van der Waals surface area (Å²) in [6.45, 7) is 1.06. The molecule has 0 saturated carbocycles. The summed E-state index contributed by atoms with van der Waals surface area (Å²) in [5.41, 5.74) is 0.635. The van der Waals surface area contributed by atoms with E-state index >= 15 is 0 Å². The zero-order valence-corrected chi connectivity index (χ0v) is 11.7. The summed E-state index contributed by atoms with van der Waals surface area (Å²) in [4.78, 5) is 13.7. The van der Waals surface area contributed by atoms with E-state index in [-0.39, 0.29) is 12.0 Å². The van der Waals surface area contributed by atoms with Gasteiger partial charge in [0, 0.05) is 27.6 Å². The van der Waals surface area contributed by atoms with Gasteiger partial charge < -0.3 is 10.0 Å². The molecule has 2 rings (SSSR count). The van der Waals surface area contributed by atoms with Gasteiger partial charge in [-0.05, 0) is 24.6 Å². The van der Waals surface area contributed by atoms with Gasteiger partial charge in [-0.3, -0.25) is 4.79 Å². The van der Waals surface area contributed by atoms with Gasteiger partial charge in [-0.2, -0.15) is 0 Å². The van der Waals surface area contributed by atoms with Gasteiger partial charge >= 0.3 is 0 Å². The van der Waals surface area contributed by atoms with Crippen LogP contribution in [0.15, 0.2) is 27.1 Å². The molecule has 0 spiro atoms. The quantitative estimate of drug-likeness (QED) is 0.846. The number of benzene rings is 1. The van der Waals surface area contributed by atoms with Crippen molar-refractivity contribution in [3.05, 3.63) is 32.7 Å². The largest absolute Gasteiger partial charge is 0.391 e. The number of aliphatic hydroxyl groups excluding tert-OH is 1. The van der Waals surface area contributed by atoms with Crippen LogP contribution in [-0.2, 0) is 0 Å². The summed E-state index contributed by atoms with van der Waals surface area (Å²) in [7, 11) is 0. The van der Waals surface area contributed by atoms with Crippen LogP contribution in [0.2, 0.25) is 0 Å². The number of carbonyl (C=O) groups excluding carboxylic acids is 1. The molecule has 1 aliphatic heterocycles. The molecular weight excluding hydrogens is 338 g/mol. The molecule has 1 aromatic rings. The molecule has 1 unspecified atom stereocenters. The number of halogens is 2. The van der Waals surface area contributed by atoms with Crippen molar-refractivity contribution in [3.8, 4) is 0 Å². The van der Waals surface area contributed by atoms with E-state index in [1.807, 2.05) is 6.07 Å². The van der Waals surface area contributed by atoms with Crippen LogP contribution in [0.3, 0.4) is 0 Å². The van der Waals surface area contributed by atoms with Crippen LogP contribution in [0, 0.1) is 0 Å². The molecule has 1 fully saturated rings. The van der Waals surface area contributed by atoms with Crippen LogP contribution in [-0.4, -0.2) is 35.1 Å². The van der Waals surface area contributed by atoms with Crippen LogP contribution in [0.5, 0.6) is 0 Å². The van der Waals surface area contributed by atoms with E-state index in [2.05, 4.69) is 31.9 Å². The van der Waals surface area contributed by atoms with E-state index in [0.717, 1.165) is 8.95 Å². The van der Waals surface area contributed by atoms with Crippen molar-refractivity contribution < 1.29 is 9.90 Å². The topological polar surface area (TPSA) is 40.5 Å². The van der Waals surface area contributed by atoms with E-state index in [1.165, 1.54) is 0 Å². The Morgan fingerprint density at radius 2 is 1.94 bits per heavy atom. The second kappa shape index (κ2) is 4.85. The second-order valence-electron chi connectivity index (χ2n) is 3.85. The monoisotopic (exact) mass is 347 g/mol. The number of nitrogens with zero attached hydrogens (tertiary/aromatic N) is 1. The Morgan fingerprint density at radius 3 is 2.44 bits per heavy atom. The molecule has 1 atom stereocenters. The maximum absolute atomic E-state index is 12.1. The third-order valence-corrected chi connectivity index (χ3v) is 3.48. The van der Waals surface area contributed by atoms with Crippen LogP contribution in [0.4, 0.5) is 0 Å². The zero-order chi connectivity index (χ0) is 11.7. The maximum atomic E-state index is 12.1. The third-order valence-electron chi connectivity index (χ3n) is 2.56. The van der Waals surface area contributed by atoms with Gasteiger partial charge in [-0.25, -0.2) is 0 Å². The molecule has 5 heteroatoms. The number of hydrogen-bond acceptors (Lipinski definition) is 2. The number of hydrogen-bond donors (Lipinski definition) is 1. The van der Waals surface area contributed by atoms with Gasteiger partial charge in [0.25, 0.3) is 5.91 Å². The van der Waals surface area contributed by atoms with Crippen LogP contribution < -0.4 is 0 Å². The molecule has 0 aromatic heterocycles. The maximum Gasteiger partial charge on any atom is 0.254 e. The molecule has 1 saturated heterocycles. The average molecular weight is 349 g/mol. The van der Waals surface area contributed by atoms with Gasteiger partial charge in [0.05, 0.1) is 6.10 Å². The van der Waals surface area contributed by atoms with Gasteiger partial charge in [0.15, 0.2) is 0 Å². The number of amides is 1. The van der Waals surface area contributed by atoms with Crippen LogP contribution in [0.1, 0.15) is 16.8 Å². The number of likely N-dealkylation sites (tertiary alicyclic amines) is 1. The molecule has 1 N–H and O–H groups in total. The second-order valence-corrected chi connectivity index (χ2v) is 5.68. The Kier molecular flexibility index (Phi) is 3.66. The lowest BCUT2D eigenvalue weighted by Crippen LogP contribution is -2.29. The van der Waals surface area contributed by atoms with Crippen molar-refractivity contribution in [2.75, 3.05) is 13.1 Å². The lowest BCUT2D eigenvalue weighted by molar-refractivity contribution is 0.0765. The minimum Gasteiger partial charge on any atom is -0.391 e. The fourth-order valence-electron chi connectivity index (χ4n) is 1.79. The number of rotatable bonds is 1. The Labute approximate surface area is 111 Å². The van der Waals surface area contributed by atoms with Gasteiger partial charge in [0.2, 0.25) is 0 Å². The van der Waals surface area contributed by atoms with Gasteiger partial charge in [0.1, 0.15) is 0 Å². The molecule has 0 radical (unpaired) electrons. The first-order valence-electron chi connectivity index (χ1n) is 4.99. The van der Waals surface area contributed by atoms with Crippen molar-refractivity contribution in [2.24, 2.45) is 0 Å². The van der Waals surface area contributed by atoms with Gasteiger partial charge in [-0.15, -0.1) is 0 Å². The smallest absolute Gasteiger partial charge is 0.254 e. The lowest BCUT2D eigenvalue weighted by Gasteiger charge is -2.15. The first-order chi connectivity index (χ1) is 7.56. The molecule has 1 amide bonds. The molecule has 0 aliphatic carbocycles. The number of aliphatic hydroxyl groups is 1. The van der Waals surface area contributed by atoms with E-state index < -0.39 is 0 Å². The number of carbonyl (C=O) groups is 1.